The Balaban J connectivity index is 2.28. The average molecular weight is 393 g/mol. The molecule has 3 rings (SSSR count). The molecule has 9 nitrogen and oxygen atoms in total. The monoisotopic (exact) mass is 393 g/mol. The summed E-state index contributed by atoms with van der Waals surface area (Å²) in [5.41, 5.74) is 0.574. The molecule has 1 aromatic heterocycles. The Kier molecular flexibility index (Phi) is 5.03. The van der Waals surface area contributed by atoms with Crippen LogP contribution in [0.1, 0.15) is 17.5 Å². The topological polar surface area (TPSA) is 120 Å². The van der Waals surface area contributed by atoms with Crippen LogP contribution in [-0.2, 0) is 26.1 Å². The van der Waals surface area contributed by atoms with E-state index in [1.807, 2.05) is 0 Å². The highest BCUT2D eigenvalue weighted by molar-refractivity contribution is 7.90. The Labute approximate surface area is 155 Å². The van der Waals surface area contributed by atoms with E-state index in [1.165, 1.54) is 25.4 Å². The molecule has 10 heteroatoms. The number of methoxy groups -OCH3 is 1. The van der Waals surface area contributed by atoms with E-state index < -0.39 is 20.8 Å². The van der Waals surface area contributed by atoms with E-state index >= 15 is 0 Å². The van der Waals surface area contributed by atoms with Gasteiger partial charge in [0.2, 0.25) is 0 Å². The van der Waals surface area contributed by atoms with E-state index in [0.29, 0.717) is 35.4 Å². The summed E-state index contributed by atoms with van der Waals surface area (Å²) in [5, 5.41) is 6.65. The summed E-state index contributed by atoms with van der Waals surface area (Å²) in [5.74, 6) is 0. The summed E-state index contributed by atoms with van der Waals surface area (Å²) < 4.78 is 30.3. The van der Waals surface area contributed by atoms with Crippen LogP contribution in [0.4, 0.5) is 0 Å². The number of aromatic amines is 1. The van der Waals surface area contributed by atoms with E-state index in [1.54, 1.807) is 6.92 Å². The van der Waals surface area contributed by atoms with Crippen molar-refractivity contribution in [3.63, 3.8) is 0 Å². The molecule has 0 aliphatic carbocycles. The number of sulfone groups is 1. The lowest BCUT2D eigenvalue weighted by molar-refractivity contribution is 0.116. The predicted octanol–water partition coefficient (Wildman–Crippen LogP) is 0.644. The van der Waals surface area contributed by atoms with E-state index in [4.69, 9.17) is 9.57 Å². The first-order valence-electron chi connectivity index (χ1n) is 8.10. The summed E-state index contributed by atoms with van der Waals surface area (Å²) in [4.78, 5) is 29.9. The molecular weight excluding hydrogens is 374 g/mol. The van der Waals surface area contributed by atoms with Crippen LogP contribution in [0.5, 0.6) is 0 Å². The van der Waals surface area contributed by atoms with Crippen molar-refractivity contribution in [1.29, 1.82) is 0 Å². The van der Waals surface area contributed by atoms with Gasteiger partial charge in [0.1, 0.15) is 13.3 Å². The highest BCUT2D eigenvalue weighted by atomic mass is 32.2. The molecule has 27 heavy (non-hydrogen) atoms. The minimum absolute atomic E-state index is 0.0836. The molecule has 1 N–H and O–H groups in total. The maximum atomic E-state index is 12.5. The molecule has 1 aliphatic heterocycles. The molecule has 2 heterocycles. The third kappa shape index (κ3) is 3.45. The van der Waals surface area contributed by atoms with Gasteiger partial charge in [-0.1, -0.05) is 11.2 Å². The van der Waals surface area contributed by atoms with Crippen LogP contribution >= 0.6 is 0 Å². The van der Waals surface area contributed by atoms with Crippen molar-refractivity contribution in [2.75, 3.05) is 20.0 Å². The molecular formula is C17H19N3O6S. The maximum absolute atomic E-state index is 12.5. The van der Waals surface area contributed by atoms with Crippen molar-refractivity contribution in [1.82, 2.24) is 9.78 Å². The van der Waals surface area contributed by atoms with Gasteiger partial charge >= 0.3 is 5.56 Å². The quantitative estimate of drug-likeness (QED) is 0.745. The van der Waals surface area contributed by atoms with E-state index in [-0.39, 0.29) is 17.2 Å². The number of hydrogen-bond donors (Lipinski definition) is 1. The number of hydrogen-bond acceptors (Lipinski definition) is 7. The second-order valence-electron chi connectivity index (χ2n) is 6.17. The Morgan fingerprint density at radius 3 is 2.63 bits per heavy atom. The van der Waals surface area contributed by atoms with Gasteiger partial charge in [-0.25, -0.2) is 13.1 Å². The van der Waals surface area contributed by atoms with Gasteiger partial charge in [-0.3, -0.25) is 9.59 Å². The van der Waals surface area contributed by atoms with E-state index in [2.05, 4.69) is 10.3 Å². The van der Waals surface area contributed by atoms with Crippen molar-refractivity contribution < 1.29 is 18.0 Å². The van der Waals surface area contributed by atoms with Gasteiger partial charge < -0.3 is 14.7 Å². The third-order valence-corrected chi connectivity index (χ3v) is 5.46. The lowest BCUT2D eigenvalue weighted by Gasteiger charge is -2.15. The van der Waals surface area contributed by atoms with Crippen LogP contribution in [0.15, 0.2) is 38.0 Å². The highest BCUT2D eigenvalue weighted by Gasteiger charge is 2.25. The molecule has 0 amide bonds. The number of H-pyrrole nitrogens is 1. The molecule has 144 valence electrons. The molecule has 0 spiro atoms. The standard InChI is InChI=1S/C17H19N3O6S/c1-10-11(12-8-18-20(9-25-2)17(22)16(12)21)4-5-14(27(3,23)24)15(10)13-6-7-26-19-13/h4-5,8,18H,6-7,9H2,1-3H3. The van der Waals surface area contributed by atoms with Crippen molar-refractivity contribution in [2.24, 2.45) is 5.16 Å². The number of ether oxygens (including phenoxy) is 1. The summed E-state index contributed by atoms with van der Waals surface area (Å²) >= 11 is 0. The maximum Gasteiger partial charge on any atom is 0.315 e. The Hall–Kier alpha value is -2.72. The molecule has 1 aliphatic rings. The Bertz CT molecular complexity index is 1140. The fraction of sp³-hybridized carbons (Fsp3) is 0.353. The highest BCUT2D eigenvalue weighted by Crippen LogP contribution is 2.30. The smallest absolute Gasteiger partial charge is 0.315 e. The number of nitrogens with one attached hydrogen (secondary N) is 1. The SMILES string of the molecule is COCn1[nH]cc(-c2ccc(S(C)(=O)=O)c(C3=NOCC3)c2C)c(=O)c1=O. The van der Waals surface area contributed by atoms with Crippen LogP contribution in [0.25, 0.3) is 11.1 Å². The summed E-state index contributed by atoms with van der Waals surface area (Å²) in [7, 11) is -2.12. The Morgan fingerprint density at radius 1 is 1.30 bits per heavy atom. The number of benzene rings is 1. The molecule has 1 aromatic carbocycles. The lowest BCUT2D eigenvalue weighted by atomic mass is 9.94. The summed E-state index contributed by atoms with van der Waals surface area (Å²) in [6, 6.07) is 2.95. The molecule has 0 fully saturated rings. The molecule has 0 saturated carbocycles. The fourth-order valence-electron chi connectivity index (χ4n) is 3.06. The van der Waals surface area contributed by atoms with Gasteiger partial charge in [-0.2, -0.15) is 0 Å². The first kappa shape index (κ1) is 19.1. The Morgan fingerprint density at radius 2 is 2.04 bits per heavy atom. The fourth-order valence-corrected chi connectivity index (χ4v) is 4.01. The van der Waals surface area contributed by atoms with Crippen molar-refractivity contribution in [3.05, 3.63) is 50.0 Å². The van der Waals surface area contributed by atoms with Gasteiger partial charge in [0.05, 0.1) is 16.2 Å². The zero-order valence-electron chi connectivity index (χ0n) is 15.1. The molecule has 0 unspecified atom stereocenters. The minimum Gasteiger partial charge on any atom is -0.395 e. The summed E-state index contributed by atoms with van der Waals surface area (Å²) in [6.07, 6.45) is 2.97. The van der Waals surface area contributed by atoms with Gasteiger partial charge in [-0.05, 0) is 24.1 Å². The van der Waals surface area contributed by atoms with Gasteiger partial charge in [0.25, 0.3) is 5.43 Å². The van der Waals surface area contributed by atoms with Crippen molar-refractivity contribution in [2.45, 2.75) is 25.0 Å². The molecule has 0 atom stereocenters. The average Bonchev–Trinajstić information content (AvgIpc) is 3.13. The molecule has 2 aromatic rings. The van der Waals surface area contributed by atoms with Gasteiger partial charge in [-0.15, -0.1) is 0 Å². The second-order valence-corrected chi connectivity index (χ2v) is 8.16. The largest absolute Gasteiger partial charge is 0.395 e. The zero-order chi connectivity index (χ0) is 19.8. The molecule has 0 radical (unpaired) electrons. The number of nitrogens with zero attached hydrogens (tertiary/aromatic N) is 2. The molecule has 0 bridgehead atoms. The van der Waals surface area contributed by atoms with Crippen LogP contribution in [0.2, 0.25) is 0 Å². The third-order valence-electron chi connectivity index (χ3n) is 4.32. The van der Waals surface area contributed by atoms with E-state index in [0.717, 1.165) is 10.9 Å². The number of aromatic nitrogens is 2. The number of oxime groups is 1. The van der Waals surface area contributed by atoms with E-state index in [9.17, 15) is 18.0 Å². The number of rotatable bonds is 5. The lowest BCUT2D eigenvalue weighted by Crippen LogP contribution is -2.37. The zero-order valence-corrected chi connectivity index (χ0v) is 15.9. The predicted molar refractivity (Wildman–Crippen MR) is 98.7 cm³/mol. The van der Waals surface area contributed by atoms with Crippen molar-refractivity contribution in [3.8, 4) is 11.1 Å². The summed E-state index contributed by atoms with van der Waals surface area (Å²) in [6.45, 7) is 1.97. The van der Waals surface area contributed by atoms with Crippen LogP contribution in [-0.4, -0.2) is 43.9 Å². The van der Waals surface area contributed by atoms with Crippen molar-refractivity contribution >= 4 is 15.5 Å². The first-order chi connectivity index (χ1) is 12.8. The van der Waals surface area contributed by atoms with Crippen LogP contribution in [0, 0.1) is 6.92 Å². The second kappa shape index (κ2) is 7.12. The van der Waals surface area contributed by atoms with Crippen LogP contribution in [0.3, 0.4) is 0 Å². The minimum atomic E-state index is -3.53. The first-order valence-corrected chi connectivity index (χ1v) is 9.99. The van der Waals surface area contributed by atoms with Gasteiger partial charge in [0, 0.05) is 31.5 Å². The molecule has 0 saturated heterocycles. The van der Waals surface area contributed by atoms with Crippen LogP contribution < -0.4 is 11.0 Å². The normalized spacial score (nSPS) is 14.1. The van der Waals surface area contributed by atoms with Gasteiger partial charge in [0.15, 0.2) is 9.84 Å².